The van der Waals surface area contributed by atoms with Crippen LogP contribution in [0.3, 0.4) is 0 Å². The van der Waals surface area contributed by atoms with E-state index in [0.717, 1.165) is 40.8 Å². The molecule has 0 spiro atoms. The first-order chi connectivity index (χ1) is 8.90. The summed E-state index contributed by atoms with van der Waals surface area (Å²) in [5.41, 5.74) is 6.07. The molecule has 19 heavy (non-hydrogen) atoms. The van der Waals surface area contributed by atoms with Gasteiger partial charge >= 0.3 is 0 Å². The summed E-state index contributed by atoms with van der Waals surface area (Å²) in [6, 6.07) is 1.43. The molecule has 1 fully saturated rings. The Labute approximate surface area is 127 Å². The van der Waals surface area contributed by atoms with Crippen molar-refractivity contribution in [2.24, 2.45) is 5.73 Å². The van der Waals surface area contributed by atoms with Crippen LogP contribution in [-0.4, -0.2) is 20.5 Å². The number of nitrogens with one attached hydrogen (secondary N) is 1. The van der Waals surface area contributed by atoms with Gasteiger partial charge in [-0.15, -0.1) is 11.3 Å². The van der Waals surface area contributed by atoms with Crippen LogP contribution in [-0.2, 0) is 10.0 Å². The van der Waals surface area contributed by atoms with Crippen LogP contribution in [0.5, 0.6) is 0 Å². The van der Waals surface area contributed by atoms with Gasteiger partial charge in [0.1, 0.15) is 0 Å². The van der Waals surface area contributed by atoms with Crippen molar-refractivity contribution in [1.82, 2.24) is 4.72 Å². The number of nitrogens with two attached hydrogens (primary N) is 1. The monoisotopic (exact) mass is 366 g/mol. The number of halogens is 1. The first-order valence-corrected chi connectivity index (χ1v) is 9.53. The van der Waals surface area contributed by atoms with Crippen molar-refractivity contribution in [3.63, 3.8) is 0 Å². The van der Waals surface area contributed by atoms with Gasteiger partial charge in [-0.2, -0.15) is 0 Å². The fourth-order valence-corrected chi connectivity index (χ4v) is 6.18. The first-order valence-electron chi connectivity index (χ1n) is 6.44. The first kappa shape index (κ1) is 15.4. The molecule has 0 saturated heterocycles. The van der Waals surface area contributed by atoms with Crippen LogP contribution in [0, 0.1) is 6.92 Å². The number of aryl methyl sites for hydroxylation is 1. The standard InChI is InChI=1S/C12H19BrN2O2S2/c1-8-11(7-12(13)18-8)19(16,17)15-10-6-4-2-3-5-9(10)14/h7,9-10,15H,2-6,14H2,1H3. The van der Waals surface area contributed by atoms with E-state index in [1.807, 2.05) is 6.92 Å². The second kappa shape index (κ2) is 6.22. The third kappa shape index (κ3) is 3.78. The summed E-state index contributed by atoms with van der Waals surface area (Å²) in [6.45, 7) is 1.82. The van der Waals surface area contributed by atoms with Crippen LogP contribution in [0.15, 0.2) is 14.7 Å². The summed E-state index contributed by atoms with van der Waals surface area (Å²) < 4.78 is 28.4. The van der Waals surface area contributed by atoms with Gasteiger partial charge in [-0.05, 0) is 41.8 Å². The van der Waals surface area contributed by atoms with Crippen molar-refractivity contribution in [1.29, 1.82) is 0 Å². The summed E-state index contributed by atoms with van der Waals surface area (Å²) in [4.78, 5) is 1.15. The molecule has 2 rings (SSSR count). The van der Waals surface area contributed by atoms with Gasteiger partial charge in [-0.3, -0.25) is 0 Å². The summed E-state index contributed by atoms with van der Waals surface area (Å²) in [6.07, 6.45) is 4.97. The molecule has 3 N–H and O–H groups in total. The molecule has 0 aliphatic heterocycles. The van der Waals surface area contributed by atoms with Crippen molar-refractivity contribution in [2.45, 2.75) is 56.0 Å². The summed E-state index contributed by atoms with van der Waals surface area (Å²) >= 11 is 4.76. The zero-order valence-electron chi connectivity index (χ0n) is 10.9. The average Bonchev–Trinajstić information content (AvgIpc) is 2.54. The summed E-state index contributed by atoms with van der Waals surface area (Å²) in [7, 11) is -3.47. The fourth-order valence-electron chi connectivity index (χ4n) is 2.44. The molecule has 1 aromatic heterocycles. The van der Waals surface area contributed by atoms with Crippen molar-refractivity contribution in [2.75, 3.05) is 0 Å². The second-order valence-corrected chi connectivity index (χ2v) is 9.32. The number of thiophene rings is 1. The quantitative estimate of drug-likeness (QED) is 0.807. The summed E-state index contributed by atoms with van der Waals surface area (Å²) in [5.74, 6) is 0. The van der Waals surface area contributed by atoms with Gasteiger partial charge in [0, 0.05) is 17.0 Å². The largest absolute Gasteiger partial charge is 0.326 e. The molecule has 1 aromatic rings. The molecule has 0 radical (unpaired) electrons. The molecular formula is C12H19BrN2O2S2. The zero-order chi connectivity index (χ0) is 14.0. The van der Waals surface area contributed by atoms with Gasteiger partial charge in [0.05, 0.1) is 8.68 Å². The number of sulfonamides is 1. The van der Waals surface area contributed by atoms with Crippen molar-refractivity contribution < 1.29 is 8.42 Å². The van der Waals surface area contributed by atoms with Crippen LogP contribution >= 0.6 is 27.3 Å². The Morgan fingerprint density at radius 1 is 1.37 bits per heavy atom. The Morgan fingerprint density at radius 2 is 2.05 bits per heavy atom. The Hall–Kier alpha value is 0.0500. The number of rotatable bonds is 3. The van der Waals surface area contributed by atoms with Gasteiger partial charge in [0.2, 0.25) is 10.0 Å². The van der Waals surface area contributed by atoms with Crippen molar-refractivity contribution in [3.8, 4) is 0 Å². The lowest BCUT2D eigenvalue weighted by atomic mass is 10.1. The van der Waals surface area contributed by atoms with Crippen LogP contribution in [0.4, 0.5) is 0 Å². The third-order valence-electron chi connectivity index (χ3n) is 3.51. The fraction of sp³-hybridized carbons (Fsp3) is 0.667. The predicted octanol–water partition coefficient (Wildman–Crippen LogP) is 2.76. The van der Waals surface area contributed by atoms with E-state index >= 15 is 0 Å². The molecule has 1 aliphatic carbocycles. The highest BCUT2D eigenvalue weighted by Gasteiger charge is 2.27. The van der Waals surface area contributed by atoms with Gasteiger partial charge in [-0.1, -0.05) is 19.3 Å². The van der Waals surface area contributed by atoms with E-state index in [-0.39, 0.29) is 12.1 Å². The highest BCUT2D eigenvalue weighted by Crippen LogP contribution is 2.30. The third-order valence-corrected chi connectivity index (χ3v) is 6.81. The van der Waals surface area contributed by atoms with Gasteiger partial charge in [0.15, 0.2) is 0 Å². The second-order valence-electron chi connectivity index (χ2n) is 5.00. The Morgan fingerprint density at radius 3 is 2.68 bits per heavy atom. The maximum absolute atomic E-state index is 12.4. The van der Waals surface area contributed by atoms with Gasteiger partial charge in [0.25, 0.3) is 0 Å². The maximum atomic E-state index is 12.4. The normalized spacial score (nSPS) is 25.2. The molecule has 0 aromatic carbocycles. The molecule has 0 amide bonds. The van der Waals surface area contributed by atoms with Crippen molar-refractivity contribution in [3.05, 3.63) is 14.7 Å². The minimum Gasteiger partial charge on any atom is -0.326 e. The lowest BCUT2D eigenvalue weighted by Gasteiger charge is -2.22. The molecule has 1 aliphatic rings. The van der Waals surface area contributed by atoms with E-state index in [1.54, 1.807) is 6.07 Å². The Kier molecular flexibility index (Phi) is 5.05. The molecule has 108 valence electrons. The molecule has 4 nitrogen and oxygen atoms in total. The van der Waals surface area contributed by atoms with Crippen LogP contribution in [0.2, 0.25) is 0 Å². The van der Waals surface area contributed by atoms with E-state index in [1.165, 1.54) is 11.3 Å². The van der Waals surface area contributed by atoms with E-state index < -0.39 is 10.0 Å². The van der Waals surface area contributed by atoms with Crippen LogP contribution in [0.25, 0.3) is 0 Å². The van der Waals surface area contributed by atoms with Gasteiger partial charge in [-0.25, -0.2) is 13.1 Å². The number of hydrogen-bond acceptors (Lipinski definition) is 4. The van der Waals surface area contributed by atoms with Crippen molar-refractivity contribution >= 4 is 37.3 Å². The zero-order valence-corrected chi connectivity index (χ0v) is 14.1. The topological polar surface area (TPSA) is 72.2 Å². The molecule has 0 bridgehead atoms. The van der Waals surface area contributed by atoms with E-state index in [0.29, 0.717) is 4.90 Å². The SMILES string of the molecule is Cc1sc(Br)cc1S(=O)(=O)NC1CCCCCC1N. The molecule has 1 heterocycles. The van der Waals surface area contributed by atoms with E-state index in [2.05, 4.69) is 20.7 Å². The van der Waals surface area contributed by atoms with E-state index in [9.17, 15) is 8.42 Å². The molecule has 7 heteroatoms. The lowest BCUT2D eigenvalue weighted by Crippen LogP contribution is -2.46. The summed E-state index contributed by atoms with van der Waals surface area (Å²) in [5, 5.41) is 0. The van der Waals surface area contributed by atoms with Crippen LogP contribution in [0.1, 0.15) is 37.0 Å². The highest BCUT2D eigenvalue weighted by molar-refractivity contribution is 9.11. The Balaban J connectivity index is 2.18. The predicted molar refractivity (Wildman–Crippen MR) is 81.9 cm³/mol. The molecule has 1 saturated carbocycles. The molecule has 2 unspecified atom stereocenters. The smallest absolute Gasteiger partial charge is 0.242 e. The molecular weight excluding hydrogens is 348 g/mol. The van der Waals surface area contributed by atoms with Gasteiger partial charge < -0.3 is 5.73 Å². The Bertz CT molecular complexity index is 542. The minimum atomic E-state index is -3.47. The lowest BCUT2D eigenvalue weighted by molar-refractivity contribution is 0.456. The number of hydrogen-bond donors (Lipinski definition) is 2. The maximum Gasteiger partial charge on any atom is 0.242 e. The van der Waals surface area contributed by atoms with Crippen LogP contribution < -0.4 is 10.5 Å². The minimum absolute atomic E-state index is 0.0837. The highest BCUT2D eigenvalue weighted by atomic mass is 79.9. The average molecular weight is 367 g/mol. The van der Waals surface area contributed by atoms with E-state index in [4.69, 9.17) is 5.73 Å². The molecule has 2 atom stereocenters.